The van der Waals surface area contributed by atoms with E-state index in [2.05, 4.69) is 4.98 Å². The highest BCUT2D eigenvalue weighted by atomic mass is 35.5. The molecule has 0 unspecified atom stereocenters. The second kappa shape index (κ2) is 3.94. The molecule has 0 saturated heterocycles. The average Bonchev–Trinajstić information content (AvgIpc) is 2.01. The summed E-state index contributed by atoms with van der Waals surface area (Å²) in [5.74, 6) is -0.961. The largest absolute Gasteiger partial charge is 0.481 e. The molecule has 0 amide bonds. The molecule has 0 spiro atoms. The number of aromatic nitrogens is 1. The highest BCUT2D eigenvalue weighted by Crippen LogP contribution is 2.21. The number of carboxylic acid groups (broad SMARTS) is 1. The lowest BCUT2D eigenvalue weighted by Crippen LogP contribution is -2.36. The monoisotopic (exact) mass is 214 g/mol. The number of hydrogen-bond donors (Lipinski definition) is 2. The van der Waals surface area contributed by atoms with Crippen molar-refractivity contribution in [2.45, 2.75) is 18.9 Å². The molecule has 0 radical (unpaired) electrons. The van der Waals surface area contributed by atoms with Crippen LogP contribution in [-0.4, -0.2) is 16.1 Å². The molecule has 3 N–H and O–H groups in total. The van der Waals surface area contributed by atoms with Crippen LogP contribution in [0.5, 0.6) is 0 Å². The van der Waals surface area contributed by atoms with Crippen molar-refractivity contribution >= 4 is 17.6 Å². The topological polar surface area (TPSA) is 76.2 Å². The Morgan fingerprint density at radius 1 is 1.79 bits per heavy atom. The molecule has 1 heterocycles. The Bertz CT molecular complexity index is 352. The van der Waals surface area contributed by atoms with Crippen LogP contribution in [0.1, 0.15) is 19.0 Å². The second-order valence-corrected chi connectivity index (χ2v) is 3.78. The fourth-order valence-electron chi connectivity index (χ4n) is 1.12. The van der Waals surface area contributed by atoms with E-state index >= 15 is 0 Å². The third kappa shape index (κ3) is 2.68. The van der Waals surface area contributed by atoms with Crippen molar-refractivity contribution in [2.75, 3.05) is 0 Å². The Labute approximate surface area is 86.7 Å². The Hall–Kier alpha value is -1.13. The summed E-state index contributed by atoms with van der Waals surface area (Å²) in [6.45, 7) is 1.61. The number of nitrogens with two attached hydrogens (primary N) is 1. The minimum atomic E-state index is -0.989. The van der Waals surface area contributed by atoms with Crippen molar-refractivity contribution in [1.82, 2.24) is 4.98 Å². The van der Waals surface area contributed by atoms with Crippen molar-refractivity contribution in [3.8, 4) is 0 Å². The van der Waals surface area contributed by atoms with Gasteiger partial charge in [0.25, 0.3) is 0 Å². The van der Waals surface area contributed by atoms with Crippen LogP contribution in [0.3, 0.4) is 0 Å². The minimum Gasteiger partial charge on any atom is -0.481 e. The Kier molecular flexibility index (Phi) is 3.08. The fourth-order valence-corrected chi connectivity index (χ4v) is 1.28. The number of nitrogens with zero attached hydrogens (tertiary/aromatic N) is 1. The van der Waals surface area contributed by atoms with Crippen LogP contribution in [0, 0.1) is 0 Å². The normalized spacial score (nSPS) is 14.8. The maximum absolute atomic E-state index is 10.5. The van der Waals surface area contributed by atoms with Crippen LogP contribution in [0.2, 0.25) is 5.02 Å². The Morgan fingerprint density at radius 3 is 2.93 bits per heavy atom. The lowest BCUT2D eigenvalue weighted by atomic mass is 9.94. The van der Waals surface area contributed by atoms with Gasteiger partial charge in [0.05, 0.1) is 17.7 Å². The first-order valence-corrected chi connectivity index (χ1v) is 4.42. The van der Waals surface area contributed by atoms with Gasteiger partial charge >= 0.3 is 5.97 Å². The molecule has 0 aliphatic rings. The molecule has 5 heteroatoms. The molecule has 14 heavy (non-hydrogen) atoms. The molecular formula is C9H11ClN2O2. The molecule has 1 aromatic rings. The summed E-state index contributed by atoms with van der Waals surface area (Å²) in [6, 6.07) is 3.19. The van der Waals surface area contributed by atoms with E-state index in [1.54, 1.807) is 19.1 Å². The first-order chi connectivity index (χ1) is 6.42. The van der Waals surface area contributed by atoms with E-state index < -0.39 is 11.5 Å². The summed E-state index contributed by atoms with van der Waals surface area (Å²) in [5, 5.41) is 9.14. The third-order valence-electron chi connectivity index (χ3n) is 1.83. The number of halogens is 1. The smallest absolute Gasteiger partial charge is 0.305 e. The van der Waals surface area contributed by atoms with Crippen molar-refractivity contribution in [3.63, 3.8) is 0 Å². The van der Waals surface area contributed by atoms with E-state index in [4.69, 9.17) is 22.4 Å². The van der Waals surface area contributed by atoms with Crippen molar-refractivity contribution in [3.05, 3.63) is 29.0 Å². The van der Waals surface area contributed by atoms with Crippen LogP contribution in [0.4, 0.5) is 0 Å². The molecule has 76 valence electrons. The third-order valence-corrected chi connectivity index (χ3v) is 2.06. The van der Waals surface area contributed by atoms with E-state index in [0.717, 1.165) is 0 Å². The zero-order valence-corrected chi connectivity index (χ0v) is 8.45. The molecule has 1 atom stereocenters. The van der Waals surface area contributed by atoms with Crippen LogP contribution in [0.15, 0.2) is 18.3 Å². The van der Waals surface area contributed by atoms with Gasteiger partial charge in [-0.25, -0.2) is 0 Å². The minimum absolute atomic E-state index is 0.180. The highest BCUT2D eigenvalue weighted by Gasteiger charge is 2.26. The predicted octanol–water partition coefficient (Wildman–Crippen LogP) is 1.38. The van der Waals surface area contributed by atoms with Gasteiger partial charge in [0, 0.05) is 11.2 Å². The van der Waals surface area contributed by atoms with Gasteiger partial charge in [-0.2, -0.15) is 0 Å². The second-order valence-electron chi connectivity index (χ2n) is 3.35. The first kappa shape index (κ1) is 10.9. The van der Waals surface area contributed by atoms with Gasteiger partial charge in [0.2, 0.25) is 0 Å². The molecule has 0 saturated carbocycles. The Balaban J connectivity index is 2.97. The lowest BCUT2D eigenvalue weighted by Gasteiger charge is -2.21. The summed E-state index contributed by atoms with van der Waals surface area (Å²) in [5.41, 5.74) is 5.30. The van der Waals surface area contributed by atoms with Crippen LogP contribution < -0.4 is 5.73 Å². The summed E-state index contributed by atoms with van der Waals surface area (Å²) in [7, 11) is 0. The zero-order chi connectivity index (χ0) is 10.8. The Morgan fingerprint density at radius 2 is 2.43 bits per heavy atom. The molecule has 0 aliphatic carbocycles. The SMILES string of the molecule is C[C@](N)(CC(=O)O)c1cc(Cl)ccn1. The van der Waals surface area contributed by atoms with E-state index in [0.29, 0.717) is 10.7 Å². The van der Waals surface area contributed by atoms with Gasteiger partial charge < -0.3 is 10.8 Å². The van der Waals surface area contributed by atoms with E-state index in [9.17, 15) is 4.79 Å². The number of carboxylic acids is 1. The molecule has 1 aromatic heterocycles. The van der Waals surface area contributed by atoms with Gasteiger partial charge in [-0.1, -0.05) is 11.6 Å². The number of rotatable bonds is 3. The molecule has 1 rings (SSSR count). The molecule has 4 nitrogen and oxygen atoms in total. The summed E-state index contributed by atoms with van der Waals surface area (Å²) < 4.78 is 0. The molecule has 0 fully saturated rings. The maximum Gasteiger partial charge on any atom is 0.305 e. The standard InChI is InChI=1S/C9H11ClN2O2/c1-9(11,5-8(13)14)7-4-6(10)2-3-12-7/h2-4H,5,11H2,1H3,(H,13,14)/t9-/m0/s1. The summed E-state index contributed by atoms with van der Waals surface area (Å²) >= 11 is 5.74. The molecule has 0 bridgehead atoms. The predicted molar refractivity (Wildman–Crippen MR) is 53.0 cm³/mol. The summed E-state index contributed by atoms with van der Waals surface area (Å²) in [6.07, 6.45) is 1.32. The maximum atomic E-state index is 10.5. The van der Waals surface area contributed by atoms with Crippen molar-refractivity contribution in [1.29, 1.82) is 0 Å². The average molecular weight is 215 g/mol. The molecule has 0 aliphatic heterocycles. The first-order valence-electron chi connectivity index (χ1n) is 4.04. The molecular weight excluding hydrogens is 204 g/mol. The molecule has 0 aromatic carbocycles. The quantitative estimate of drug-likeness (QED) is 0.797. The van der Waals surface area contributed by atoms with Gasteiger partial charge in [0.15, 0.2) is 0 Å². The van der Waals surface area contributed by atoms with Crippen molar-refractivity contribution in [2.24, 2.45) is 5.73 Å². The number of pyridine rings is 1. The lowest BCUT2D eigenvalue weighted by molar-refractivity contribution is -0.138. The van der Waals surface area contributed by atoms with E-state index in [1.165, 1.54) is 6.20 Å². The highest BCUT2D eigenvalue weighted by molar-refractivity contribution is 6.30. The van der Waals surface area contributed by atoms with Gasteiger partial charge in [0.1, 0.15) is 0 Å². The summed E-state index contributed by atoms with van der Waals surface area (Å²) in [4.78, 5) is 14.5. The van der Waals surface area contributed by atoms with E-state index in [-0.39, 0.29) is 6.42 Å². The van der Waals surface area contributed by atoms with Crippen LogP contribution in [-0.2, 0) is 10.3 Å². The van der Waals surface area contributed by atoms with Crippen molar-refractivity contribution < 1.29 is 9.90 Å². The fraction of sp³-hybridized carbons (Fsp3) is 0.333. The number of hydrogen-bond acceptors (Lipinski definition) is 3. The van der Waals surface area contributed by atoms with Gasteiger partial charge in [-0.15, -0.1) is 0 Å². The zero-order valence-electron chi connectivity index (χ0n) is 7.70. The number of carbonyl (C=O) groups is 1. The van der Waals surface area contributed by atoms with Crippen LogP contribution >= 0.6 is 11.6 Å². The number of aliphatic carboxylic acids is 1. The van der Waals surface area contributed by atoms with Gasteiger partial charge in [-0.3, -0.25) is 9.78 Å². The van der Waals surface area contributed by atoms with Crippen LogP contribution in [0.25, 0.3) is 0 Å². The van der Waals surface area contributed by atoms with Gasteiger partial charge in [-0.05, 0) is 19.1 Å². The van der Waals surface area contributed by atoms with E-state index in [1.807, 2.05) is 0 Å².